The molecule has 2 amide bonds. The monoisotopic (exact) mass is 401 g/mol. The Bertz CT molecular complexity index is 794. The summed E-state index contributed by atoms with van der Waals surface area (Å²) in [7, 11) is 0. The molecule has 3 rings (SSSR count). The molecule has 156 valence electrons. The van der Waals surface area contributed by atoms with Crippen molar-refractivity contribution in [3.63, 3.8) is 0 Å². The first-order valence-electron chi connectivity index (χ1n) is 9.89. The molecule has 1 aliphatic rings. The number of halogens is 1. The number of benzene rings is 1. The molecular formula is C20H28FN7O. The minimum Gasteiger partial charge on any atom is -0.352 e. The second-order valence-corrected chi connectivity index (χ2v) is 7.17. The molecular weight excluding hydrogens is 373 g/mol. The fraction of sp³-hybridized carbons (Fsp3) is 0.450. The molecule has 1 aromatic carbocycles. The van der Waals surface area contributed by atoms with Crippen LogP contribution in [0.2, 0.25) is 0 Å². The zero-order chi connectivity index (χ0) is 20.6. The lowest BCUT2D eigenvalue weighted by molar-refractivity contribution is 0.231. The molecule has 1 aromatic heterocycles. The molecule has 0 saturated carbocycles. The normalized spacial score (nSPS) is 14.6. The van der Waals surface area contributed by atoms with Crippen LogP contribution < -0.4 is 20.9 Å². The van der Waals surface area contributed by atoms with Crippen LogP contribution in [0.3, 0.4) is 0 Å². The van der Waals surface area contributed by atoms with Crippen LogP contribution in [0.4, 0.5) is 26.6 Å². The average molecular weight is 401 g/mol. The van der Waals surface area contributed by atoms with E-state index in [0.29, 0.717) is 24.0 Å². The van der Waals surface area contributed by atoms with Crippen LogP contribution in [0.25, 0.3) is 0 Å². The summed E-state index contributed by atoms with van der Waals surface area (Å²) < 4.78 is 13.4. The van der Waals surface area contributed by atoms with Crippen LogP contribution >= 0.6 is 0 Å². The van der Waals surface area contributed by atoms with E-state index in [1.807, 2.05) is 13.8 Å². The summed E-state index contributed by atoms with van der Waals surface area (Å²) in [6, 6.07) is 7.25. The highest BCUT2D eigenvalue weighted by Gasteiger charge is 2.20. The van der Waals surface area contributed by atoms with Crippen LogP contribution in [0, 0.1) is 5.82 Å². The largest absolute Gasteiger partial charge is 0.352 e. The van der Waals surface area contributed by atoms with E-state index in [1.54, 1.807) is 24.4 Å². The Morgan fingerprint density at radius 2 is 1.97 bits per heavy atom. The van der Waals surface area contributed by atoms with Gasteiger partial charge in [-0.1, -0.05) is 0 Å². The number of nitrogens with zero attached hydrogens (tertiary/aromatic N) is 4. The number of carbonyl (C=O) groups excluding carboxylic acids is 1. The third-order valence-corrected chi connectivity index (χ3v) is 4.49. The highest BCUT2D eigenvalue weighted by molar-refractivity contribution is 5.98. The molecule has 8 nitrogen and oxygen atoms in total. The molecule has 1 aliphatic heterocycles. The van der Waals surface area contributed by atoms with E-state index in [2.05, 4.69) is 30.8 Å². The number of carbonyl (C=O) groups is 1. The topological polar surface area (TPSA) is 85.4 Å². The van der Waals surface area contributed by atoms with Crippen molar-refractivity contribution in [3.8, 4) is 0 Å². The van der Waals surface area contributed by atoms with Gasteiger partial charge in [0, 0.05) is 57.6 Å². The maximum atomic E-state index is 13.4. The van der Waals surface area contributed by atoms with Gasteiger partial charge in [-0.05, 0) is 38.1 Å². The summed E-state index contributed by atoms with van der Waals surface area (Å²) in [5, 5.41) is 9.40. The molecule has 0 unspecified atom stereocenters. The Kier molecular flexibility index (Phi) is 7.31. The molecule has 0 radical (unpaired) electrons. The minimum absolute atomic E-state index is 0.150. The molecule has 29 heavy (non-hydrogen) atoms. The van der Waals surface area contributed by atoms with Crippen LogP contribution in [0.5, 0.6) is 0 Å². The van der Waals surface area contributed by atoms with Crippen LogP contribution in [-0.4, -0.2) is 66.2 Å². The van der Waals surface area contributed by atoms with Crippen molar-refractivity contribution in [2.45, 2.75) is 19.9 Å². The summed E-state index contributed by atoms with van der Waals surface area (Å²) in [4.78, 5) is 25.4. The molecule has 9 heteroatoms. The summed E-state index contributed by atoms with van der Waals surface area (Å²) in [5.41, 5.74) is 0.528. The van der Waals surface area contributed by atoms with E-state index in [4.69, 9.17) is 0 Å². The van der Waals surface area contributed by atoms with Gasteiger partial charge in [0.15, 0.2) is 0 Å². The number of hydrogen-bond donors (Lipinski definition) is 3. The van der Waals surface area contributed by atoms with Crippen molar-refractivity contribution in [1.82, 2.24) is 25.5 Å². The van der Waals surface area contributed by atoms with Gasteiger partial charge in [0.1, 0.15) is 11.6 Å². The van der Waals surface area contributed by atoms with Crippen LogP contribution in [-0.2, 0) is 0 Å². The number of nitrogens with one attached hydrogen (secondary N) is 3. The average Bonchev–Trinajstić information content (AvgIpc) is 2.70. The first kappa shape index (κ1) is 20.9. The van der Waals surface area contributed by atoms with Crippen molar-refractivity contribution in [2.75, 3.05) is 49.5 Å². The number of anilines is 3. The molecule has 0 atom stereocenters. The summed E-state index contributed by atoms with van der Waals surface area (Å²) in [6.07, 6.45) is 1.59. The standard InChI is InChI=1S/C20H28FN7O/c1-15(2)25-19-23-8-7-18(26-19)28(17-5-3-16(21)4-6-17)20(29)24-11-14-27-12-9-22-10-13-27/h3-8,15,22H,9-14H2,1-2H3,(H,24,29)(H,23,25,26). The second kappa shape index (κ2) is 10.1. The zero-order valence-electron chi connectivity index (χ0n) is 16.9. The Hall–Kier alpha value is -2.78. The number of aromatic nitrogens is 2. The summed E-state index contributed by atoms with van der Waals surface area (Å²) in [6.45, 7) is 9.10. The Morgan fingerprint density at radius 3 is 2.66 bits per heavy atom. The molecule has 2 heterocycles. The van der Waals surface area contributed by atoms with E-state index >= 15 is 0 Å². The fourth-order valence-corrected chi connectivity index (χ4v) is 3.08. The lowest BCUT2D eigenvalue weighted by atomic mass is 10.3. The third kappa shape index (κ3) is 6.10. The molecule has 0 spiro atoms. The number of urea groups is 1. The zero-order valence-corrected chi connectivity index (χ0v) is 16.9. The van der Waals surface area contributed by atoms with Gasteiger partial charge in [0.05, 0.1) is 5.69 Å². The summed E-state index contributed by atoms with van der Waals surface area (Å²) in [5.74, 6) is 0.477. The van der Waals surface area contributed by atoms with Crippen molar-refractivity contribution >= 4 is 23.5 Å². The van der Waals surface area contributed by atoms with Crippen molar-refractivity contribution in [2.24, 2.45) is 0 Å². The minimum atomic E-state index is -0.363. The lowest BCUT2D eigenvalue weighted by Crippen LogP contribution is -2.47. The van der Waals surface area contributed by atoms with Crippen molar-refractivity contribution < 1.29 is 9.18 Å². The predicted molar refractivity (Wildman–Crippen MR) is 112 cm³/mol. The Labute approximate surface area is 170 Å². The van der Waals surface area contributed by atoms with Gasteiger partial charge in [-0.15, -0.1) is 0 Å². The van der Waals surface area contributed by atoms with E-state index < -0.39 is 0 Å². The fourth-order valence-electron chi connectivity index (χ4n) is 3.08. The van der Waals surface area contributed by atoms with Gasteiger partial charge in [-0.3, -0.25) is 4.90 Å². The van der Waals surface area contributed by atoms with Gasteiger partial charge in [0.2, 0.25) is 5.95 Å². The lowest BCUT2D eigenvalue weighted by Gasteiger charge is -2.28. The Balaban J connectivity index is 1.75. The molecule has 1 fully saturated rings. The van der Waals surface area contributed by atoms with Gasteiger partial charge in [-0.25, -0.2) is 19.1 Å². The third-order valence-electron chi connectivity index (χ3n) is 4.49. The SMILES string of the molecule is CC(C)Nc1nccc(N(C(=O)NCCN2CCNCC2)c2ccc(F)cc2)n1. The van der Waals surface area contributed by atoms with Gasteiger partial charge >= 0.3 is 6.03 Å². The maximum Gasteiger partial charge on any atom is 0.327 e. The van der Waals surface area contributed by atoms with Gasteiger partial charge in [0.25, 0.3) is 0 Å². The van der Waals surface area contributed by atoms with Crippen LogP contribution in [0.15, 0.2) is 36.5 Å². The maximum absolute atomic E-state index is 13.4. The highest BCUT2D eigenvalue weighted by atomic mass is 19.1. The number of rotatable bonds is 7. The highest BCUT2D eigenvalue weighted by Crippen LogP contribution is 2.24. The number of piperazine rings is 1. The quantitative estimate of drug-likeness (QED) is 0.660. The smallest absolute Gasteiger partial charge is 0.327 e. The molecule has 0 bridgehead atoms. The predicted octanol–water partition coefficient (Wildman–Crippen LogP) is 2.19. The first-order valence-corrected chi connectivity index (χ1v) is 9.89. The van der Waals surface area contributed by atoms with E-state index in [-0.39, 0.29) is 17.9 Å². The van der Waals surface area contributed by atoms with Crippen molar-refractivity contribution in [3.05, 3.63) is 42.3 Å². The second-order valence-electron chi connectivity index (χ2n) is 7.17. The van der Waals surface area contributed by atoms with Gasteiger partial charge in [-0.2, -0.15) is 4.98 Å². The Morgan fingerprint density at radius 1 is 1.24 bits per heavy atom. The summed E-state index contributed by atoms with van der Waals surface area (Å²) >= 11 is 0. The van der Waals surface area contributed by atoms with Crippen LogP contribution in [0.1, 0.15) is 13.8 Å². The van der Waals surface area contributed by atoms with E-state index in [0.717, 1.165) is 32.7 Å². The number of amides is 2. The van der Waals surface area contributed by atoms with E-state index in [1.165, 1.54) is 17.0 Å². The first-order chi connectivity index (χ1) is 14.0. The molecule has 3 N–H and O–H groups in total. The molecule has 1 saturated heterocycles. The van der Waals surface area contributed by atoms with Crippen molar-refractivity contribution in [1.29, 1.82) is 0 Å². The van der Waals surface area contributed by atoms with Gasteiger partial charge < -0.3 is 16.0 Å². The number of hydrogen-bond acceptors (Lipinski definition) is 6. The molecule has 2 aromatic rings. The molecule has 0 aliphatic carbocycles. The van der Waals surface area contributed by atoms with E-state index in [9.17, 15) is 9.18 Å².